The van der Waals surface area contributed by atoms with Crippen LogP contribution in [0.3, 0.4) is 0 Å². The molecule has 0 aliphatic carbocycles. The summed E-state index contributed by atoms with van der Waals surface area (Å²) in [6.07, 6.45) is 0.967. The number of halogens is 4. The van der Waals surface area contributed by atoms with Crippen molar-refractivity contribution in [2.75, 3.05) is 7.11 Å². The lowest BCUT2D eigenvalue weighted by Gasteiger charge is -2.08. The van der Waals surface area contributed by atoms with Crippen LogP contribution in [-0.2, 0) is 0 Å². The smallest absolute Gasteiger partial charge is 0.496 e. The highest BCUT2D eigenvalue weighted by Gasteiger charge is 2.17. The Kier molecular flexibility index (Phi) is 3.69. The van der Waals surface area contributed by atoms with E-state index in [9.17, 15) is 12.9 Å². The second-order valence-electron chi connectivity index (χ2n) is 2.87. The highest BCUT2D eigenvalue weighted by Crippen LogP contribution is 2.25. The highest BCUT2D eigenvalue weighted by molar-refractivity contribution is 6.64. The lowest BCUT2D eigenvalue weighted by molar-refractivity contribution is 0.414. The van der Waals surface area contributed by atoms with Crippen molar-refractivity contribution in [3.8, 4) is 5.75 Å². The Balaban J connectivity index is 3.00. The number of hydrogen-bond donors (Lipinski definition) is 0. The van der Waals surface area contributed by atoms with Gasteiger partial charge in [0.15, 0.2) is 0 Å². The van der Waals surface area contributed by atoms with Crippen molar-refractivity contribution in [1.29, 1.82) is 0 Å². The predicted octanol–water partition coefficient (Wildman–Crippen LogP) is 3.75. The number of hydrogen-bond acceptors (Lipinski definition) is 1. The molecule has 0 saturated heterocycles. The molecule has 0 radical (unpaired) electrons. The Labute approximate surface area is 90.6 Å². The van der Waals surface area contributed by atoms with Crippen LogP contribution in [0.1, 0.15) is 5.56 Å². The minimum Gasteiger partial charge on any atom is -0.496 e. The van der Waals surface area contributed by atoms with Gasteiger partial charge in [-0.2, -0.15) is 0 Å². The van der Waals surface area contributed by atoms with Crippen LogP contribution in [0, 0.1) is 0 Å². The molecule has 0 amide bonds. The fraction of sp³-hybridized carbons (Fsp3) is 0.111. The van der Waals surface area contributed by atoms with Crippen molar-refractivity contribution in [3.63, 3.8) is 0 Å². The zero-order chi connectivity index (χ0) is 11.5. The van der Waals surface area contributed by atoms with Gasteiger partial charge in [0.1, 0.15) is 5.75 Å². The molecule has 0 fully saturated rings. The van der Waals surface area contributed by atoms with Gasteiger partial charge < -0.3 is 17.7 Å². The summed E-state index contributed by atoms with van der Waals surface area (Å²) in [6.45, 7) is -4.93. The molecule has 0 aliphatic rings. The van der Waals surface area contributed by atoms with Gasteiger partial charge in [-0.15, -0.1) is 5.98 Å². The fourth-order valence-corrected chi connectivity index (χ4v) is 1.20. The van der Waals surface area contributed by atoms with Crippen LogP contribution >= 0.6 is 11.6 Å². The zero-order valence-electron chi connectivity index (χ0n) is 7.88. The topological polar surface area (TPSA) is 9.23 Å². The fourth-order valence-electron chi connectivity index (χ4n) is 1.04. The summed E-state index contributed by atoms with van der Waals surface area (Å²) < 4.78 is 40.8. The molecule has 1 nitrogen and oxygen atoms in total. The van der Waals surface area contributed by atoms with E-state index in [1.165, 1.54) is 25.3 Å². The summed E-state index contributed by atoms with van der Waals surface area (Å²) in [5.74, 6) is 0.532. The lowest BCUT2D eigenvalue weighted by atomic mass is 9.90. The first-order valence-electron chi connectivity index (χ1n) is 4.15. The molecule has 0 aliphatic heterocycles. The first kappa shape index (κ1) is 12.0. The van der Waals surface area contributed by atoms with E-state index >= 15 is 0 Å². The van der Waals surface area contributed by atoms with Gasteiger partial charge >= 0.3 is 6.98 Å². The molecule has 0 bridgehead atoms. The molecule has 0 unspecified atom stereocenters. The molecule has 82 valence electrons. The molecule has 1 rings (SSSR count). The van der Waals surface area contributed by atoms with E-state index in [0.29, 0.717) is 16.3 Å². The number of methoxy groups -OCH3 is 1. The SMILES string of the molecule is COc1cc(Cl)ccc1/C=C/[B-](F)(F)F. The van der Waals surface area contributed by atoms with Crippen LogP contribution in [0.4, 0.5) is 12.9 Å². The normalized spacial score (nSPS) is 12.1. The minimum absolute atomic E-state index is 0.214. The molecule has 15 heavy (non-hydrogen) atoms. The maximum absolute atomic E-state index is 12.0. The number of rotatable bonds is 3. The van der Waals surface area contributed by atoms with Gasteiger partial charge in [-0.25, -0.2) is 0 Å². The number of ether oxygens (including phenoxy) is 1. The average Bonchev–Trinajstić information content (AvgIpc) is 2.14. The van der Waals surface area contributed by atoms with Gasteiger partial charge in [-0.3, -0.25) is 0 Å². The Morgan fingerprint density at radius 2 is 2.00 bits per heavy atom. The summed E-state index contributed by atoms with van der Waals surface area (Å²) in [5.41, 5.74) is 0.348. The Bertz CT molecular complexity index is 376. The third-order valence-corrected chi connectivity index (χ3v) is 1.92. The molecule has 1 aromatic rings. The van der Waals surface area contributed by atoms with Crippen LogP contribution in [0.2, 0.25) is 5.02 Å². The highest BCUT2D eigenvalue weighted by atomic mass is 35.5. The summed E-state index contributed by atoms with van der Waals surface area (Å²) in [6, 6.07) is 4.44. The third kappa shape index (κ3) is 3.87. The van der Waals surface area contributed by atoms with Crippen molar-refractivity contribution in [2.24, 2.45) is 0 Å². The van der Waals surface area contributed by atoms with Gasteiger partial charge in [0.25, 0.3) is 0 Å². The second kappa shape index (κ2) is 4.62. The van der Waals surface area contributed by atoms with Crippen molar-refractivity contribution >= 4 is 24.7 Å². The van der Waals surface area contributed by atoms with Crippen molar-refractivity contribution < 1.29 is 17.7 Å². The zero-order valence-corrected chi connectivity index (χ0v) is 8.64. The standard InChI is InChI=1S/C9H8BClF3O/c1-15-9-6-8(11)3-2-7(9)4-5-10(12,13)14/h2-6H,1H3/q-1/b5-4+. The van der Waals surface area contributed by atoms with E-state index in [2.05, 4.69) is 0 Å². The Morgan fingerprint density at radius 1 is 1.33 bits per heavy atom. The van der Waals surface area contributed by atoms with E-state index in [0.717, 1.165) is 6.08 Å². The molecular weight excluding hydrogens is 227 g/mol. The summed E-state index contributed by atoms with van der Waals surface area (Å²) in [5, 5.41) is 0.418. The maximum Gasteiger partial charge on any atom is 0.502 e. The van der Waals surface area contributed by atoms with Crippen LogP contribution in [0.5, 0.6) is 5.75 Å². The van der Waals surface area contributed by atoms with Crippen molar-refractivity contribution in [2.45, 2.75) is 0 Å². The van der Waals surface area contributed by atoms with Gasteiger partial charge in [0, 0.05) is 10.6 Å². The van der Waals surface area contributed by atoms with E-state index in [1.54, 1.807) is 0 Å². The van der Waals surface area contributed by atoms with Crippen LogP contribution in [0.25, 0.3) is 6.08 Å². The molecule has 0 heterocycles. The third-order valence-electron chi connectivity index (χ3n) is 1.69. The van der Waals surface area contributed by atoms with Gasteiger partial charge in [0.2, 0.25) is 0 Å². The van der Waals surface area contributed by atoms with Crippen LogP contribution in [0.15, 0.2) is 24.2 Å². The molecular formula is C9H8BClF3O-. The molecule has 6 heteroatoms. The summed E-state index contributed by atoms with van der Waals surface area (Å²) in [4.78, 5) is 0. The molecule has 1 aromatic carbocycles. The maximum atomic E-state index is 12.0. The lowest BCUT2D eigenvalue weighted by Crippen LogP contribution is -2.09. The minimum atomic E-state index is -4.93. The van der Waals surface area contributed by atoms with Crippen LogP contribution in [-0.4, -0.2) is 14.1 Å². The second-order valence-corrected chi connectivity index (χ2v) is 3.31. The monoisotopic (exact) mass is 235 g/mol. The van der Waals surface area contributed by atoms with E-state index in [1.807, 2.05) is 0 Å². The largest absolute Gasteiger partial charge is 0.502 e. The van der Waals surface area contributed by atoms with Gasteiger partial charge in [-0.1, -0.05) is 17.7 Å². The molecule has 0 aromatic heterocycles. The summed E-state index contributed by atoms with van der Waals surface area (Å²) in [7, 11) is 1.38. The summed E-state index contributed by atoms with van der Waals surface area (Å²) >= 11 is 5.66. The Hall–Kier alpha value is -1.10. The van der Waals surface area contributed by atoms with Gasteiger partial charge in [0.05, 0.1) is 7.11 Å². The van der Waals surface area contributed by atoms with E-state index < -0.39 is 6.98 Å². The average molecular weight is 235 g/mol. The first-order valence-corrected chi connectivity index (χ1v) is 4.53. The Morgan fingerprint density at radius 3 is 2.53 bits per heavy atom. The first-order chi connectivity index (χ1) is 6.92. The predicted molar refractivity (Wildman–Crippen MR) is 56.1 cm³/mol. The van der Waals surface area contributed by atoms with E-state index in [4.69, 9.17) is 16.3 Å². The van der Waals surface area contributed by atoms with Crippen molar-refractivity contribution in [1.82, 2.24) is 0 Å². The van der Waals surface area contributed by atoms with E-state index in [-0.39, 0.29) is 5.98 Å². The molecule has 0 spiro atoms. The quantitative estimate of drug-likeness (QED) is 0.725. The van der Waals surface area contributed by atoms with Gasteiger partial charge in [-0.05, 0) is 18.2 Å². The molecule has 0 saturated carbocycles. The molecule has 0 atom stereocenters. The van der Waals surface area contributed by atoms with Crippen LogP contribution < -0.4 is 4.74 Å². The molecule has 0 N–H and O–H groups in total. The van der Waals surface area contributed by atoms with Crippen molar-refractivity contribution in [3.05, 3.63) is 34.8 Å². The number of benzene rings is 1.